The van der Waals surface area contributed by atoms with Gasteiger partial charge in [0.1, 0.15) is 6.26 Å². The Hall–Kier alpha value is -0.880. The minimum absolute atomic E-state index is 0.116. The standard InChI is InChI=1S/C9H14N2O3S/c1-9(2-3-15(12,13)6-9)8-11-7(4-10)5-14-8/h5H,2-4,6,10H2,1H3. The third-order valence-electron chi connectivity index (χ3n) is 2.78. The van der Waals surface area contributed by atoms with Crippen LogP contribution in [0, 0.1) is 0 Å². The normalized spacial score (nSPS) is 29.5. The smallest absolute Gasteiger partial charge is 0.201 e. The quantitative estimate of drug-likeness (QED) is 0.784. The molecule has 1 saturated heterocycles. The van der Waals surface area contributed by atoms with Crippen LogP contribution in [-0.4, -0.2) is 24.9 Å². The van der Waals surface area contributed by atoms with Gasteiger partial charge in [-0.25, -0.2) is 13.4 Å². The predicted octanol–water partition coefficient (Wildman–Crippen LogP) is 0.210. The predicted molar refractivity (Wildman–Crippen MR) is 55.0 cm³/mol. The largest absolute Gasteiger partial charge is 0.448 e. The first-order chi connectivity index (χ1) is 6.95. The van der Waals surface area contributed by atoms with Crippen LogP contribution in [0.3, 0.4) is 0 Å². The van der Waals surface area contributed by atoms with E-state index in [-0.39, 0.29) is 11.5 Å². The van der Waals surface area contributed by atoms with E-state index in [4.69, 9.17) is 10.2 Å². The van der Waals surface area contributed by atoms with E-state index in [1.54, 1.807) is 0 Å². The molecule has 0 radical (unpaired) electrons. The van der Waals surface area contributed by atoms with Crippen LogP contribution < -0.4 is 5.73 Å². The molecule has 1 aliphatic heterocycles. The zero-order chi connectivity index (χ0) is 11.1. The molecule has 0 aromatic carbocycles. The highest BCUT2D eigenvalue weighted by Gasteiger charge is 2.43. The van der Waals surface area contributed by atoms with Crippen molar-refractivity contribution in [1.29, 1.82) is 0 Å². The average molecular weight is 230 g/mol. The molecule has 0 bridgehead atoms. The van der Waals surface area contributed by atoms with Gasteiger partial charge in [0.25, 0.3) is 0 Å². The van der Waals surface area contributed by atoms with Crippen LogP contribution in [0.5, 0.6) is 0 Å². The zero-order valence-electron chi connectivity index (χ0n) is 8.56. The second kappa shape index (κ2) is 3.31. The topological polar surface area (TPSA) is 86.2 Å². The molecule has 2 heterocycles. The van der Waals surface area contributed by atoms with Crippen molar-refractivity contribution in [2.75, 3.05) is 11.5 Å². The molecule has 1 aromatic heterocycles. The number of hydrogen-bond acceptors (Lipinski definition) is 5. The fourth-order valence-electron chi connectivity index (χ4n) is 1.86. The monoisotopic (exact) mass is 230 g/mol. The lowest BCUT2D eigenvalue weighted by Gasteiger charge is -2.16. The van der Waals surface area contributed by atoms with E-state index in [0.717, 1.165) is 0 Å². The second-order valence-corrected chi connectivity index (χ2v) is 6.43. The van der Waals surface area contributed by atoms with E-state index in [0.29, 0.717) is 24.6 Å². The summed E-state index contributed by atoms with van der Waals surface area (Å²) in [4.78, 5) is 4.19. The summed E-state index contributed by atoms with van der Waals surface area (Å²) >= 11 is 0. The Balaban J connectivity index is 2.31. The Bertz CT molecular complexity index is 465. The fourth-order valence-corrected chi connectivity index (χ4v) is 4.00. The molecular formula is C9H14N2O3S. The van der Waals surface area contributed by atoms with Crippen molar-refractivity contribution >= 4 is 9.84 Å². The van der Waals surface area contributed by atoms with Crippen LogP contribution in [0.4, 0.5) is 0 Å². The lowest BCUT2D eigenvalue weighted by Crippen LogP contribution is -2.23. The van der Waals surface area contributed by atoms with Crippen LogP contribution in [0.15, 0.2) is 10.7 Å². The first-order valence-corrected chi connectivity index (χ1v) is 6.63. The molecule has 5 nitrogen and oxygen atoms in total. The van der Waals surface area contributed by atoms with Crippen LogP contribution >= 0.6 is 0 Å². The maximum atomic E-state index is 11.4. The van der Waals surface area contributed by atoms with Gasteiger partial charge in [-0.2, -0.15) is 0 Å². The van der Waals surface area contributed by atoms with Crippen molar-refractivity contribution in [2.24, 2.45) is 5.73 Å². The maximum Gasteiger partial charge on any atom is 0.201 e. The van der Waals surface area contributed by atoms with E-state index in [2.05, 4.69) is 4.98 Å². The molecule has 2 N–H and O–H groups in total. The summed E-state index contributed by atoms with van der Waals surface area (Å²) in [7, 11) is -2.93. The summed E-state index contributed by atoms with van der Waals surface area (Å²) < 4.78 is 28.1. The van der Waals surface area contributed by atoms with Crippen LogP contribution in [0.25, 0.3) is 0 Å². The minimum atomic E-state index is -2.93. The van der Waals surface area contributed by atoms with Gasteiger partial charge >= 0.3 is 0 Å². The molecule has 1 unspecified atom stereocenters. The van der Waals surface area contributed by atoms with Crippen LogP contribution in [-0.2, 0) is 21.8 Å². The number of aromatic nitrogens is 1. The molecule has 0 saturated carbocycles. The SMILES string of the molecule is CC1(c2nc(CN)co2)CCS(=O)(=O)C1. The Morgan fingerprint density at radius 3 is 2.87 bits per heavy atom. The van der Waals surface area contributed by atoms with Gasteiger partial charge in [0.15, 0.2) is 9.84 Å². The Morgan fingerprint density at radius 2 is 2.40 bits per heavy atom. The van der Waals surface area contributed by atoms with Crippen LogP contribution in [0.1, 0.15) is 24.9 Å². The number of rotatable bonds is 2. The van der Waals surface area contributed by atoms with Gasteiger partial charge in [0.2, 0.25) is 5.89 Å². The van der Waals surface area contributed by atoms with E-state index < -0.39 is 15.3 Å². The number of oxazole rings is 1. The molecule has 1 fully saturated rings. The van der Waals surface area contributed by atoms with E-state index in [1.807, 2.05) is 6.92 Å². The highest BCUT2D eigenvalue weighted by molar-refractivity contribution is 7.91. The lowest BCUT2D eigenvalue weighted by molar-refractivity contribution is 0.374. The summed E-state index contributed by atoms with van der Waals surface area (Å²) in [6, 6.07) is 0. The van der Waals surface area contributed by atoms with Crippen molar-refractivity contribution in [3.05, 3.63) is 17.8 Å². The molecule has 0 aliphatic carbocycles. The van der Waals surface area contributed by atoms with Gasteiger partial charge in [-0.3, -0.25) is 0 Å². The highest BCUT2D eigenvalue weighted by atomic mass is 32.2. The van der Waals surface area contributed by atoms with E-state index in [1.165, 1.54) is 6.26 Å². The summed E-state index contributed by atoms with van der Waals surface area (Å²) in [6.45, 7) is 2.18. The Morgan fingerprint density at radius 1 is 1.67 bits per heavy atom. The Labute approximate surface area is 88.6 Å². The molecular weight excluding hydrogens is 216 g/mol. The van der Waals surface area contributed by atoms with Crippen molar-refractivity contribution in [3.8, 4) is 0 Å². The molecule has 15 heavy (non-hydrogen) atoms. The van der Waals surface area contributed by atoms with Gasteiger partial charge in [-0.1, -0.05) is 0 Å². The van der Waals surface area contributed by atoms with Crippen molar-refractivity contribution in [1.82, 2.24) is 4.98 Å². The molecule has 2 rings (SSSR count). The maximum absolute atomic E-state index is 11.4. The number of sulfone groups is 1. The first-order valence-electron chi connectivity index (χ1n) is 4.81. The molecule has 6 heteroatoms. The first kappa shape index (κ1) is 10.6. The van der Waals surface area contributed by atoms with Crippen molar-refractivity contribution in [2.45, 2.75) is 25.3 Å². The summed E-state index contributed by atoms with van der Waals surface area (Å²) in [5.41, 5.74) is 5.60. The summed E-state index contributed by atoms with van der Waals surface area (Å²) in [5.74, 6) is 0.818. The minimum Gasteiger partial charge on any atom is -0.448 e. The zero-order valence-corrected chi connectivity index (χ0v) is 9.38. The molecule has 0 amide bonds. The van der Waals surface area contributed by atoms with Gasteiger partial charge < -0.3 is 10.2 Å². The molecule has 0 spiro atoms. The molecule has 84 valence electrons. The van der Waals surface area contributed by atoms with Gasteiger partial charge in [-0.15, -0.1) is 0 Å². The van der Waals surface area contributed by atoms with Gasteiger partial charge in [-0.05, 0) is 13.3 Å². The fraction of sp³-hybridized carbons (Fsp3) is 0.667. The third-order valence-corrected chi connectivity index (χ3v) is 4.68. The van der Waals surface area contributed by atoms with Gasteiger partial charge in [0, 0.05) is 6.54 Å². The third kappa shape index (κ3) is 1.91. The number of nitrogens with two attached hydrogens (primary N) is 1. The van der Waals surface area contributed by atoms with Crippen molar-refractivity contribution < 1.29 is 12.8 Å². The van der Waals surface area contributed by atoms with Gasteiger partial charge in [0.05, 0.1) is 22.6 Å². The summed E-state index contributed by atoms with van der Waals surface area (Å²) in [5, 5.41) is 0. The van der Waals surface area contributed by atoms with Crippen LogP contribution in [0.2, 0.25) is 0 Å². The summed E-state index contributed by atoms with van der Waals surface area (Å²) in [6.07, 6.45) is 2.06. The number of nitrogens with zero attached hydrogens (tertiary/aromatic N) is 1. The lowest BCUT2D eigenvalue weighted by atomic mass is 9.90. The molecule has 1 aromatic rings. The van der Waals surface area contributed by atoms with E-state index >= 15 is 0 Å². The van der Waals surface area contributed by atoms with Crippen molar-refractivity contribution in [3.63, 3.8) is 0 Å². The molecule has 1 aliphatic rings. The number of hydrogen-bond donors (Lipinski definition) is 1. The molecule has 1 atom stereocenters. The van der Waals surface area contributed by atoms with E-state index in [9.17, 15) is 8.42 Å². The second-order valence-electron chi connectivity index (χ2n) is 4.25. The Kier molecular flexibility index (Phi) is 2.35. The highest BCUT2D eigenvalue weighted by Crippen LogP contribution is 2.34. The average Bonchev–Trinajstić information content (AvgIpc) is 2.71.